The van der Waals surface area contributed by atoms with E-state index in [1.165, 1.54) is 87.7 Å². The van der Waals surface area contributed by atoms with E-state index in [1.807, 2.05) is 12.4 Å². The molecule has 0 atom stereocenters. The minimum absolute atomic E-state index is 1.13. The van der Waals surface area contributed by atoms with Crippen molar-refractivity contribution in [3.63, 3.8) is 0 Å². The molecule has 0 fully saturated rings. The van der Waals surface area contributed by atoms with Gasteiger partial charge in [-0.05, 0) is 113 Å². The number of benzene rings is 9. The summed E-state index contributed by atoms with van der Waals surface area (Å²) >= 11 is 0. The maximum atomic E-state index is 4.55. The molecular formula is C53H34N2. The Kier molecular flexibility index (Phi) is 7.21. The van der Waals surface area contributed by atoms with Crippen molar-refractivity contribution in [3.8, 4) is 50.2 Å². The third kappa shape index (κ3) is 5.15. The highest BCUT2D eigenvalue weighted by Crippen LogP contribution is 2.44. The van der Waals surface area contributed by atoms with Crippen LogP contribution in [0.4, 0.5) is 0 Å². The van der Waals surface area contributed by atoms with E-state index in [2.05, 4.69) is 204 Å². The van der Waals surface area contributed by atoms with Crippen molar-refractivity contribution in [2.24, 2.45) is 0 Å². The van der Waals surface area contributed by atoms with Crippen LogP contribution in [0.1, 0.15) is 0 Å². The van der Waals surface area contributed by atoms with Gasteiger partial charge in [-0.2, -0.15) is 0 Å². The van der Waals surface area contributed by atoms with Gasteiger partial charge < -0.3 is 4.57 Å². The molecule has 0 unspecified atom stereocenters. The van der Waals surface area contributed by atoms with E-state index >= 15 is 0 Å². The standard InChI is InChI=1S/C53H34N2/c1-2-10-35(11-3-1)37-24-27-43(28-25-37)55-50-29-26-41(33-48(50)49-34-54-31-30-51(49)55)38-18-21-39(22-19-38)52-44-14-6-8-16-46(44)53(47-17-9-7-15-45(47)52)42-23-20-36-12-4-5-13-40(36)32-42/h1-34H. The van der Waals surface area contributed by atoms with Gasteiger partial charge in [-0.3, -0.25) is 4.98 Å². The first kappa shape index (κ1) is 31.3. The molecule has 2 heterocycles. The van der Waals surface area contributed by atoms with E-state index in [0.717, 1.165) is 16.6 Å². The number of nitrogens with zero attached hydrogens (tertiary/aromatic N) is 2. The van der Waals surface area contributed by atoms with Crippen LogP contribution >= 0.6 is 0 Å². The number of hydrogen-bond acceptors (Lipinski definition) is 1. The maximum absolute atomic E-state index is 4.55. The van der Waals surface area contributed by atoms with Gasteiger partial charge in [0.05, 0.1) is 11.0 Å². The topological polar surface area (TPSA) is 17.8 Å². The first-order valence-corrected chi connectivity index (χ1v) is 18.9. The van der Waals surface area contributed by atoms with Crippen LogP contribution in [-0.2, 0) is 0 Å². The average molecular weight is 699 g/mol. The van der Waals surface area contributed by atoms with Crippen molar-refractivity contribution < 1.29 is 0 Å². The lowest BCUT2D eigenvalue weighted by atomic mass is 9.85. The highest BCUT2D eigenvalue weighted by atomic mass is 15.0. The number of rotatable bonds is 5. The molecule has 0 N–H and O–H groups in total. The summed E-state index contributed by atoms with van der Waals surface area (Å²) in [5.74, 6) is 0. The molecule has 0 spiro atoms. The molecule has 0 radical (unpaired) electrons. The molecule has 2 nitrogen and oxygen atoms in total. The quantitative estimate of drug-likeness (QED) is 0.164. The van der Waals surface area contributed by atoms with Crippen LogP contribution in [0.5, 0.6) is 0 Å². The van der Waals surface area contributed by atoms with Gasteiger partial charge in [0.15, 0.2) is 0 Å². The van der Waals surface area contributed by atoms with Crippen molar-refractivity contribution in [1.29, 1.82) is 0 Å². The normalized spacial score (nSPS) is 11.6. The largest absolute Gasteiger partial charge is 0.309 e. The van der Waals surface area contributed by atoms with Crippen LogP contribution in [0.25, 0.3) is 104 Å². The molecule has 11 aromatic rings. The Hall–Kier alpha value is -7.29. The van der Waals surface area contributed by atoms with E-state index in [9.17, 15) is 0 Å². The Morgan fingerprint density at radius 1 is 0.309 bits per heavy atom. The lowest BCUT2D eigenvalue weighted by Gasteiger charge is -2.18. The van der Waals surface area contributed by atoms with Crippen molar-refractivity contribution in [2.75, 3.05) is 0 Å². The van der Waals surface area contributed by atoms with Crippen molar-refractivity contribution in [1.82, 2.24) is 9.55 Å². The lowest BCUT2D eigenvalue weighted by Crippen LogP contribution is -1.94. The van der Waals surface area contributed by atoms with Gasteiger partial charge in [-0.1, -0.05) is 158 Å². The van der Waals surface area contributed by atoms with Gasteiger partial charge in [0.2, 0.25) is 0 Å². The minimum Gasteiger partial charge on any atom is -0.309 e. The molecule has 0 bridgehead atoms. The van der Waals surface area contributed by atoms with E-state index in [0.29, 0.717) is 0 Å². The first-order valence-electron chi connectivity index (χ1n) is 18.9. The van der Waals surface area contributed by atoms with Crippen LogP contribution in [0.15, 0.2) is 207 Å². The van der Waals surface area contributed by atoms with Gasteiger partial charge in [-0.25, -0.2) is 0 Å². The van der Waals surface area contributed by atoms with Crippen LogP contribution in [0, 0.1) is 0 Å². The fourth-order valence-electron chi connectivity index (χ4n) is 8.68. The molecule has 9 aromatic carbocycles. The fraction of sp³-hybridized carbons (Fsp3) is 0. The molecule has 2 heteroatoms. The predicted molar refractivity (Wildman–Crippen MR) is 233 cm³/mol. The number of aromatic nitrogens is 2. The molecule has 0 amide bonds. The molecule has 0 aliphatic heterocycles. The molecular weight excluding hydrogens is 665 g/mol. The molecule has 0 saturated carbocycles. The summed E-state index contributed by atoms with van der Waals surface area (Å²) in [5.41, 5.74) is 13.2. The molecule has 55 heavy (non-hydrogen) atoms. The summed E-state index contributed by atoms with van der Waals surface area (Å²) in [6.45, 7) is 0. The van der Waals surface area contributed by atoms with Crippen molar-refractivity contribution >= 4 is 54.1 Å². The average Bonchev–Trinajstić information content (AvgIpc) is 3.59. The first-order chi connectivity index (χ1) is 27.3. The molecule has 0 aliphatic carbocycles. The SMILES string of the molecule is c1ccc(-c2ccc(-n3c4ccncc4c4cc(-c5ccc(-c6c7ccccc7c(-c7ccc8ccccc8c7)c7ccccc67)cc5)ccc43)cc2)cc1. The van der Waals surface area contributed by atoms with Crippen LogP contribution in [0.3, 0.4) is 0 Å². The summed E-state index contributed by atoms with van der Waals surface area (Å²) in [7, 11) is 0. The predicted octanol–water partition coefficient (Wildman–Crippen LogP) is 14.3. The van der Waals surface area contributed by atoms with E-state index in [1.54, 1.807) is 0 Å². The summed E-state index contributed by atoms with van der Waals surface area (Å²) in [4.78, 5) is 4.55. The Balaban J connectivity index is 1.01. The van der Waals surface area contributed by atoms with Gasteiger partial charge >= 0.3 is 0 Å². The van der Waals surface area contributed by atoms with Gasteiger partial charge in [0.25, 0.3) is 0 Å². The minimum atomic E-state index is 1.13. The number of hydrogen-bond donors (Lipinski definition) is 0. The van der Waals surface area contributed by atoms with Gasteiger partial charge in [-0.15, -0.1) is 0 Å². The highest BCUT2D eigenvalue weighted by Gasteiger charge is 2.18. The fourth-order valence-corrected chi connectivity index (χ4v) is 8.68. The second kappa shape index (κ2) is 12.7. The Morgan fingerprint density at radius 2 is 0.818 bits per heavy atom. The van der Waals surface area contributed by atoms with Crippen molar-refractivity contribution in [3.05, 3.63) is 207 Å². The summed E-state index contributed by atoms with van der Waals surface area (Å²) in [5, 5.41) is 9.90. The van der Waals surface area contributed by atoms with Crippen LogP contribution in [0.2, 0.25) is 0 Å². The molecule has 256 valence electrons. The van der Waals surface area contributed by atoms with Crippen LogP contribution < -0.4 is 0 Å². The molecule has 0 aliphatic rings. The number of pyridine rings is 1. The smallest absolute Gasteiger partial charge is 0.0571 e. The van der Waals surface area contributed by atoms with Gasteiger partial charge in [0, 0.05) is 28.9 Å². The number of fused-ring (bicyclic) bond motifs is 6. The second-order valence-electron chi connectivity index (χ2n) is 14.4. The molecule has 0 saturated heterocycles. The van der Waals surface area contributed by atoms with E-state index in [-0.39, 0.29) is 0 Å². The Bertz CT molecular complexity index is 3170. The maximum Gasteiger partial charge on any atom is 0.0571 e. The zero-order valence-corrected chi connectivity index (χ0v) is 30.0. The zero-order valence-electron chi connectivity index (χ0n) is 30.0. The second-order valence-corrected chi connectivity index (χ2v) is 14.4. The van der Waals surface area contributed by atoms with Crippen LogP contribution in [-0.4, -0.2) is 9.55 Å². The van der Waals surface area contributed by atoms with E-state index in [4.69, 9.17) is 0 Å². The Morgan fingerprint density at radius 3 is 1.53 bits per heavy atom. The van der Waals surface area contributed by atoms with Crippen molar-refractivity contribution in [2.45, 2.75) is 0 Å². The van der Waals surface area contributed by atoms with Gasteiger partial charge in [0.1, 0.15) is 0 Å². The molecule has 11 rings (SSSR count). The van der Waals surface area contributed by atoms with E-state index < -0.39 is 0 Å². The zero-order chi connectivity index (χ0) is 36.3. The highest BCUT2D eigenvalue weighted by molar-refractivity contribution is 6.21. The summed E-state index contributed by atoms with van der Waals surface area (Å²) in [6.07, 6.45) is 3.88. The summed E-state index contributed by atoms with van der Waals surface area (Å²) < 4.78 is 2.35. The lowest BCUT2D eigenvalue weighted by molar-refractivity contribution is 1.17. The summed E-state index contributed by atoms with van der Waals surface area (Å²) in [6, 6.07) is 70.7. The third-order valence-corrected chi connectivity index (χ3v) is 11.3. The molecule has 2 aromatic heterocycles. The Labute approximate surface area is 319 Å². The monoisotopic (exact) mass is 698 g/mol. The third-order valence-electron chi connectivity index (χ3n) is 11.3.